The van der Waals surface area contributed by atoms with Gasteiger partial charge in [-0.2, -0.15) is 13.2 Å². The Bertz CT molecular complexity index is 1350. The normalized spacial score (nSPS) is 15.2. The van der Waals surface area contributed by atoms with Crippen LogP contribution in [-0.2, 0) is 27.5 Å². The van der Waals surface area contributed by atoms with Gasteiger partial charge in [0.15, 0.2) is 0 Å². The van der Waals surface area contributed by atoms with Gasteiger partial charge in [0.2, 0.25) is 11.8 Å². The Labute approximate surface area is 210 Å². The minimum absolute atomic E-state index is 0.0669. The van der Waals surface area contributed by atoms with Gasteiger partial charge in [-0.3, -0.25) is 9.59 Å². The molecule has 196 valence electrons. The molecule has 2 aromatic heterocycles. The number of hydrogen-bond acceptors (Lipinski definition) is 6. The minimum Gasteiger partial charge on any atom is -0.475 e. The molecule has 9 nitrogen and oxygen atoms in total. The van der Waals surface area contributed by atoms with E-state index in [2.05, 4.69) is 15.6 Å². The number of anilines is 1. The lowest BCUT2D eigenvalue weighted by Gasteiger charge is -2.14. The first-order chi connectivity index (χ1) is 17.4. The van der Waals surface area contributed by atoms with Crippen LogP contribution < -0.4 is 10.6 Å². The zero-order valence-electron chi connectivity index (χ0n) is 20.2. The number of furan rings is 1. The van der Waals surface area contributed by atoms with Crippen molar-refractivity contribution in [1.29, 1.82) is 0 Å². The average Bonchev–Trinajstić information content (AvgIpc) is 3.08. The fourth-order valence-electron chi connectivity index (χ4n) is 3.45. The largest absolute Gasteiger partial charge is 0.490 e. The first kappa shape index (κ1) is 27.2. The molecule has 0 bridgehead atoms. The van der Waals surface area contributed by atoms with Crippen LogP contribution in [0.25, 0.3) is 17.0 Å². The van der Waals surface area contributed by atoms with E-state index in [1.54, 1.807) is 31.1 Å². The molecule has 1 aromatic carbocycles. The van der Waals surface area contributed by atoms with Gasteiger partial charge in [-0.1, -0.05) is 18.2 Å². The van der Waals surface area contributed by atoms with Crippen molar-refractivity contribution < 1.29 is 37.1 Å². The van der Waals surface area contributed by atoms with Gasteiger partial charge in [0.1, 0.15) is 23.2 Å². The maximum atomic E-state index is 12.6. The second-order valence-corrected chi connectivity index (χ2v) is 8.34. The summed E-state index contributed by atoms with van der Waals surface area (Å²) >= 11 is 0. The van der Waals surface area contributed by atoms with Crippen molar-refractivity contribution in [1.82, 2.24) is 15.2 Å². The van der Waals surface area contributed by atoms with Gasteiger partial charge in [-0.15, -0.1) is 0 Å². The molecule has 0 fully saturated rings. The Morgan fingerprint density at radius 1 is 1.30 bits per heavy atom. The van der Waals surface area contributed by atoms with Crippen molar-refractivity contribution in [2.45, 2.75) is 39.2 Å². The summed E-state index contributed by atoms with van der Waals surface area (Å²) in [5.74, 6) is -1.50. The molecule has 0 aliphatic carbocycles. The number of aromatic nitrogens is 1. The molecule has 12 heteroatoms. The number of likely N-dealkylation sites (N-methyl/N-ethyl adjacent to an activating group) is 1. The third-order valence-electron chi connectivity index (χ3n) is 5.55. The van der Waals surface area contributed by atoms with Gasteiger partial charge in [-0.25, -0.2) is 9.78 Å². The maximum absolute atomic E-state index is 12.6. The van der Waals surface area contributed by atoms with Crippen LogP contribution in [0.15, 0.2) is 47.0 Å². The first-order valence-corrected chi connectivity index (χ1v) is 11.1. The third-order valence-corrected chi connectivity index (χ3v) is 5.55. The fourth-order valence-corrected chi connectivity index (χ4v) is 3.45. The van der Waals surface area contributed by atoms with Gasteiger partial charge in [0.05, 0.1) is 6.54 Å². The quantitative estimate of drug-likeness (QED) is 0.448. The second kappa shape index (κ2) is 11.1. The number of pyridine rings is 1. The first-order valence-electron chi connectivity index (χ1n) is 11.1. The molecule has 0 saturated carbocycles. The van der Waals surface area contributed by atoms with E-state index in [1.807, 2.05) is 37.3 Å². The molecule has 3 heterocycles. The van der Waals surface area contributed by atoms with E-state index in [-0.39, 0.29) is 17.9 Å². The lowest BCUT2D eigenvalue weighted by molar-refractivity contribution is -0.192. The number of nitrogens with zero attached hydrogens (tertiary/aromatic N) is 2. The number of amides is 2. The molecular weight excluding hydrogens is 493 g/mol. The van der Waals surface area contributed by atoms with Gasteiger partial charge in [0.25, 0.3) is 0 Å². The molecule has 1 atom stereocenters. The van der Waals surface area contributed by atoms with Crippen LogP contribution >= 0.6 is 0 Å². The van der Waals surface area contributed by atoms with E-state index >= 15 is 0 Å². The van der Waals surface area contributed by atoms with Crippen LogP contribution in [0.4, 0.5) is 19.0 Å². The minimum atomic E-state index is -5.08. The predicted molar refractivity (Wildman–Crippen MR) is 129 cm³/mol. The van der Waals surface area contributed by atoms with Crippen LogP contribution in [-0.4, -0.2) is 52.0 Å². The zero-order chi connectivity index (χ0) is 27.3. The summed E-state index contributed by atoms with van der Waals surface area (Å²) in [4.78, 5) is 39.3. The standard InChI is InChI=1S/C23H24N4O3.C2HF3O2/c1-14-18-6-4-5-7-19(18)30-20(14)13-27(3)21(28)9-8-16-10-17-12-25-23(29)15(2)26-22(17)24-11-16;3-2(4,5)1(6)7/h4-11,15H,12-13H2,1-3H3,(H,24,26)(H,25,29);(H,6,7)/b9-8+;/t15-;/m0./s1. The molecule has 3 aromatic rings. The summed E-state index contributed by atoms with van der Waals surface area (Å²) in [7, 11) is 1.75. The number of halogens is 3. The number of para-hydroxylation sites is 1. The molecule has 0 saturated heterocycles. The molecule has 0 radical (unpaired) electrons. The van der Waals surface area contributed by atoms with E-state index in [9.17, 15) is 22.8 Å². The highest BCUT2D eigenvalue weighted by molar-refractivity contribution is 5.92. The number of rotatable bonds is 4. The van der Waals surface area contributed by atoms with Crippen LogP contribution in [0.1, 0.15) is 29.4 Å². The second-order valence-electron chi connectivity index (χ2n) is 8.34. The van der Waals surface area contributed by atoms with Crippen LogP contribution in [0, 0.1) is 6.92 Å². The predicted octanol–water partition coefficient (Wildman–Crippen LogP) is 3.87. The van der Waals surface area contributed by atoms with E-state index in [4.69, 9.17) is 14.3 Å². The van der Waals surface area contributed by atoms with Crippen molar-refractivity contribution in [2.24, 2.45) is 0 Å². The number of fused-ring (bicyclic) bond motifs is 2. The van der Waals surface area contributed by atoms with Crippen molar-refractivity contribution in [3.05, 3.63) is 65.1 Å². The molecule has 37 heavy (non-hydrogen) atoms. The molecule has 0 unspecified atom stereocenters. The summed E-state index contributed by atoms with van der Waals surface area (Å²) in [5.41, 5.74) is 3.55. The summed E-state index contributed by atoms with van der Waals surface area (Å²) < 4.78 is 37.6. The number of carboxylic acid groups (broad SMARTS) is 1. The third kappa shape index (κ3) is 6.87. The van der Waals surface area contributed by atoms with E-state index < -0.39 is 12.1 Å². The number of benzene rings is 1. The number of carboxylic acids is 1. The Morgan fingerprint density at radius 2 is 1.97 bits per heavy atom. The lowest BCUT2D eigenvalue weighted by atomic mass is 10.1. The number of carbonyl (C=O) groups excluding carboxylic acids is 2. The highest BCUT2D eigenvalue weighted by Crippen LogP contribution is 2.26. The Hall–Kier alpha value is -4.35. The highest BCUT2D eigenvalue weighted by atomic mass is 19.4. The summed E-state index contributed by atoms with van der Waals surface area (Å²) in [5, 5.41) is 14.1. The monoisotopic (exact) mass is 518 g/mol. The number of aliphatic carboxylic acids is 1. The van der Waals surface area contributed by atoms with Crippen molar-refractivity contribution >= 4 is 40.6 Å². The zero-order valence-corrected chi connectivity index (χ0v) is 20.2. The molecule has 4 rings (SSSR count). The maximum Gasteiger partial charge on any atom is 0.490 e. The van der Waals surface area contributed by atoms with E-state index in [0.29, 0.717) is 18.9 Å². The Kier molecular flexibility index (Phi) is 8.21. The van der Waals surface area contributed by atoms with Crippen molar-refractivity contribution in [3.8, 4) is 0 Å². The number of hydrogen-bond donors (Lipinski definition) is 3. The van der Waals surface area contributed by atoms with E-state index in [1.165, 1.54) is 6.08 Å². The molecule has 1 aliphatic heterocycles. The molecule has 0 spiro atoms. The smallest absolute Gasteiger partial charge is 0.475 e. The number of aryl methyl sites for hydroxylation is 1. The van der Waals surface area contributed by atoms with Gasteiger partial charge >= 0.3 is 12.1 Å². The fraction of sp³-hybridized carbons (Fsp3) is 0.280. The molecule has 2 amide bonds. The summed E-state index contributed by atoms with van der Waals surface area (Å²) in [6.45, 7) is 4.59. The van der Waals surface area contributed by atoms with Gasteiger partial charge in [0, 0.05) is 42.4 Å². The average molecular weight is 518 g/mol. The Balaban J connectivity index is 0.000000479. The highest BCUT2D eigenvalue weighted by Gasteiger charge is 2.38. The van der Waals surface area contributed by atoms with Crippen LogP contribution in [0.2, 0.25) is 0 Å². The van der Waals surface area contributed by atoms with Crippen molar-refractivity contribution in [2.75, 3.05) is 12.4 Å². The lowest BCUT2D eigenvalue weighted by Crippen LogP contribution is -2.34. The number of alkyl halides is 3. The van der Waals surface area contributed by atoms with Crippen LogP contribution in [0.5, 0.6) is 0 Å². The van der Waals surface area contributed by atoms with Gasteiger partial charge in [-0.05, 0) is 37.6 Å². The molecule has 1 aliphatic rings. The van der Waals surface area contributed by atoms with Gasteiger partial charge < -0.3 is 25.1 Å². The summed E-state index contributed by atoms with van der Waals surface area (Å²) in [6, 6.07) is 9.43. The number of carbonyl (C=O) groups is 3. The topological polar surface area (TPSA) is 125 Å². The molecular formula is C25H25F3N4O5. The number of nitrogens with one attached hydrogen (secondary N) is 2. The Morgan fingerprint density at radius 3 is 2.62 bits per heavy atom. The summed E-state index contributed by atoms with van der Waals surface area (Å²) in [6.07, 6.45) is -0.151. The molecule has 3 N–H and O–H groups in total. The van der Waals surface area contributed by atoms with E-state index in [0.717, 1.165) is 33.4 Å². The van der Waals surface area contributed by atoms with Crippen molar-refractivity contribution in [3.63, 3.8) is 0 Å². The SMILES string of the molecule is Cc1c(CN(C)C(=O)/C=C/c2cnc3c(c2)CNC(=O)[C@H](C)N3)oc2ccccc12.O=C(O)C(F)(F)F. The van der Waals surface area contributed by atoms with Crippen LogP contribution in [0.3, 0.4) is 0 Å².